The molecule has 10 heteroatoms. The lowest BCUT2D eigenvalue weighted by atomic mass is 10.0. The van der Waals surface area contributed by atoms with Gasteiger partial charge in [0.2, 0.25) is 0 Å². The van der Waals surface area contributed by atoms with E-state index in [2.05, 4.69) is 22.5 Å². The highest BCUT2D eigenvalue weighted by molar-refractivity contribution is 5.83. The van der Waals surface area contributed by atoms with E-state index in [4.69, 9.17) is 4.74 Å². The van der Waals surface area contributed by atoms with E-state index in [1.165, 1.54) is 13.2 Å². The molecule has 2 heterocycles. The number of likely N-dealkylation sites (tertiary alicyclic amines) is 1. The molecule has 2 N–H and O–H groups in total. The number of alkyl halides is 4. The normalized spacial score (nSPS) is 18.3. The Hall–Kier alpha value is -3.29. The first-order valence-electron chi connectivity index (χ1n) is 12.4. The molecule has 0 radical (unpaired) electrons. The molecular formula is C28H31F5N4O. The van der Waals surface area contributed by atoms with Gasteiger partial charge in [0.15, 0.2) is 0 Å². The average Bonchev–Trinajstić information content (AvgIpc) is 3.18. The van der Waals surface area contributed by atoms with Gasteiger partial charge < -0.3 is 24.8 Å². The molecule has 204 valence electrons. The van der Waals surface area contributed by atoms with E-state index in [1.54, 1.807) is 37.3 Å². The number of piperidine rings is 1. The van der Waals surface area contributed by atoms with Crippen molar-refractivity contribution in [2.24, 2.45) is 0 Å². The molecule has 0 bridgehead atoms. The second-order valence-corrected chi connectivity index (χ2v) is 9.64. The molecule has 0 aliphatic carbocycles. The summed E-state index contributed by atoms with van der Waals surface area (Å²) in [7, 11) is 3.35. The summed E-state index contributed by atoms with van der Waals surface area (Å²) in [5.74, 6) is 5.68. The molecule has 1 fully saturated rings. The van der Waals surface area contributed by atoms with Gasteiger partial charge in [0.1, 0.15) is 24.3 Å². The van der Waals surface area contributed by atoms with Gasteiger partial charge in [-0.2, -0.15) is 13.2 Å². The summed E-state index contributed by atoms with van der Waals surface area (Å²) >= 11 is 0. The molecule has 0 unspecified atom stereocenters. The summed E-state index contributed by atoms with van der Waals surface area (Å²) < 4.78 is 74.8. The number of ether oxygens (including phenoxy) is 1. The number of hydrogen-bond donors (Lipinski definition) is 2. The van der Waals surface area contributed by atoms with Crippen molar-refractivity contribution in [3.63, 3.8) is 0 Å². The molecule has 3 aromatic rings. The second kappa shape index (κ2) is 11.6. The predicted octanol–water partition coefficient (Wildman–Crippen LogP) is 5.26. The van der Waals surface area contributed by atoms with Crippen LogP contribution >= 0.6 is 0 Å². The molecule has 1 aliphatic rings. The lowest BCUT2D eigenvalue weighted by Crippen LogP contribution is -2.49. The highest BCUT2D eigenvalue weighted by Gasteiger charge is 2.30. The number of fused-ring (bicyclic) bond motifs is 1. The Kier molecular flexibility index (Phi) is 8.48. The van der Waals surface area contributed by atoms with Crippen LogP contribution < -0.4 is 15.4 Å². The van der Waals surface area contributed by atoms with Gasteiger partial charge in [-0.1, -0.05) is 12.0 Å². The van der Waals surface area contributed by atoms with Crippen LogP contribution in [0.3, 0.4) is 0 Å². The second-order valence-electron chi connectivity index (χ2n) is 9.64. The highest BCUT2D eigenvalue weighted by atomic mass is 19.4. The van der Waals surface area contributed by atoms with Crippen molar-refractivity contribution in [2.75, 3.05) is 39.1 Å². The number of benzene rings is 2. The quantitative estimate of drug-likeness (QED) is 0.321. The summed E-state index contributed by atoms with van der Waals surface area (Å²) in [6.07, 6.45) is -4.72. The molecule has 2 aromatic carbocycles. The van der Waals surface area contributed by atoms with Gasteiger partial charge >= 0.3 is 6.18 Å². The van der Waals surface area contributed by atoms with Crippen LogP contribution in [0.5, 0.6) is 5.75 Å². The summed E-state index contributed by atoms with van der Waals surface area (Å²) in [4.78, 5) is 1.95. The monoisotopic (exact) mass is 534 g/mol. The van der Waals surface area contributed by atoms with Gasteiger partial charge in [0.25, 0.3) is 0 Å². The maximum Gasteiger partial charge on any atom is 0.406 e. The van der Waals surface area contributed by atoms with Gasteiger partial charge in [0, 0.05) is 36.1 Å². The minimum absolute atomic E-state index is 0.0720. The SMILES string of the molecule is COc1cc(C)c(F)cc1NCC#Cc1cc2cc(CN[C@@H]3CCN(C)C[C@@H]3F)ccc2n1CC(F)(F)F. The lowest BCUT2D eigenvalue weighted by molar-refractivity contribution is -0.140. The van der Waals surface area contributed by atoms with E-state index in [0.717, 1.165) is 16.7 Å². The van der Waals surface area contributed by atoms with Gasteiger partial charge in [-0.15, -0.1) is 0 Å². The van der Waals surface area contributed by atoms with Crippen molar-refractivity contribution in [3.05, 3.63) is 59.0 Å². The number of methoxy groups -OCH3 is 1. The van der Waals surface area contributed by atoms with Crippen molar-refractivity contribution in [3.8, 4) is 17.6 Å². The molecular weight excluding hydrogens is 503 g/mol. The van der Waals surface area contributed by atoms with E-state index in [0.29, 0.717) is 47.4 Å². The van der Waals surface area contributed by atoms with E-state index < -0.39 is 24.7 Å². The van der Waals surface area contributed by atoms with Crippen LogP contribution in [0.1, 0.15) is 23.2 Å². The maximum atomic E-state index is 14.3. The first-order valence-corrected chi connectivity index (χ1v) is 12.4. The van der Waals surface area contributed by atoms with Gasteiger partial charge in [-0.05, 0) is 68.2 Å². The average molecular weight is 535 g/mol. The summed E-state index contributed by atoms with van der Waals surface area (Å²) in [6, 6.07) is 9.41. The molecule has 2 atom stereocenters. The third kappa shape index (κ3) is 6.77. The standard InChI is InChI=1S/C28H31F5N4O/c1-18-11-27(38-3)25(14-22(18)29)34-9-4-5-21-13-20-12-19(6-7-26(20)37(21)17-28(31,32)33)15-35-24-8-10-36(2)16-23(24)30/h6-7,11-14,23-24,34-35H,8-10,15-17H2,1-3H3/t23-,24+/m0/s1. The Balaban J connectivity index is 1.52. The first kappa shape index (κ1) is 27.7. The van der Waals surface area contributed by atoms with Crippen molar-refractivity contribution < 1.29 is 26.7 Å². The summed E-state index contributed by atoms with van der Waals surface area (Å²) in [6.45, 7) is 2.10. The zero-order chi connectivity index (χ0) is 27.4. The zero-order valence-corrected chi connectivity index (χ0v) is 21.6. The van der Waals surface area contributed by atoms with Crippen LogP contribution in [0.25, 0.3) is 10.9 Å². The highest BCUT2D eigenvalue weighted by Crippen LogP contribution is 2.28. The predicted molar refractivity (Wildman–Crippen MR) is 139 cm³/mol. The number of rotatable bonds is 7. The Bertz CT molecular complexity index is 1340. The number of aryl methyl sites for hydroxylation is 1. The van der Waals surface area contributed by atoms with E-state index in [9.17, 15) is 22.0 Å². The molecule has 0 amide bonds. The third-order valence-electron chi connectivity index (χ3n) is 6.68. The van der Waals surface area contributed by atoms with Crippen LogP contribution in [0.15, 0.2) is 36.4 Å². The fourth-order valence-electron chi connectivity index (χ4n) is 4.66. The smallest absolute Gasteiger partial charge is 0.406 e. The Morgan fingerprint density at radius 3 is 2.66 bits per heavy atom. The molecule has 1 aromatic heterocycles. The van der Waals surface area contributed by atoms with Crippen LogP contribution in [0, 0.1) is 24.6 Å². The minimum atomic E-state index is -4.43. The van der Waals surface area contributed by atoms with Crippen LogP contribution in [0.2, 0.25) is 0 Å². The number of aromatic nitrogens is 1. The van der Waals surface area contributed by atoms with Crippen LogP contribution in [-0.2, 0) is 13.1 Å². The number of anilines is 1. The number of halogens is 5. The van der Waals surface area contributed by atoms with Crippen molar-refractivity contribution >= 4 is 16.6 Å². The summed E-state index contributed by atoms with van der Waals surface area (Å²) in [5.41, 5.74) is 2.31. The van der Waals surface area contributed by atoms with Crippen LogP contribution in [0.4, 0.5) is 27.6 Å². The van der Waals surface area contributed by atoms with Gasteiger partial charge in [-0.3, -0.25) is 0 Å². The van der Waals surface area contributed by atoms with E-state index in [1.807, 2.05) is 11.9 Å². The molecule has 1 aliphatic heterocycles. The van der Waals surface area contributed by atoms with E-state index >= 15 is 0 Å². The van der Waals surface area contributed by atoms with Crippen molar-refractivity contribution in [1.29, 1.82) is 0 Å². The van der Waals surface area contributed by atoms with Crippen LogP contribution in [-0.4, -0.2) is 61.6 Å². The Morgan fingerprint density at radius 1 is 1.16 bits per heavy atom. The number of hydrogen-bond acceptors (Lipinski definition) is 4. The Labute approximate surface area is 218 Å². The number of nitrogens with one attached hydrogen (secondary N) is 2. The largest absolute Gasteiger partial charge is 0.495 e. The lowest BCUT2D eigenvalue weighted by Gasteiger charge is -2.32. The maximum absolute atomic E-state index is 14.3. The molecule has 38 heavy (non-hydrogen) atoms. The fourth-order valence-corrected chi connectivity index (χ4v) is 4.66. The molecule has 0 spiro atoms. The molecule has 1 saturated heterocycles. The topological polar surface area (TPSA) is 41.5 Å². The van der Waals surface area contributed by atoms with Gasteiger partial charge in [-0.25, -0.2) is 8.78 Å². The zero-order valence-electron chi connectivity index (χ0n) is 21.6. The third-order valence-corrected chi connectivity index (χ3v) is 6.68. The van der Waals surface area contributed by atoms with Crippen molar-refractivity contribution in [2.45, 2.75) is 44.8 Å². The Morgan fingerprint density at radius 2 is 1.95 bits per heavy atom. The number of nitrogens with zero attached hydrogens (tertiary/aromatic N) is 2. The minimum Gasteiger partial charge on any atom is -0.495 e. The first-order chi connectivity index (χ1) is 18.0. The van der Waals surface area contributed by atoms with Gasteiger partial charge in [0.05, 0.1) is 25.0 Å². The van der Waals surface area contributed by atoms with E-state index in [-0.39, 0.29) is 18.3 Å². The molecule has 4 rings (SSSR count). The molecule has 5 nitrogen and oxygen atoms in total. The summed E-state index contributed by atoms with van der Waals surface area (Å²) in [5, 5.41) is 6.82. The molecule has 0 saturated carbocycles. The fraction of sp³-hybridized carbons (Fsp3) is 0.429. The van der Waals surface area contributed by atoms with Crippen molar-refractivity contribution in [1.82, 2.24) is 14.8 Å².